The standard InChI is InChI=1S/C11H13N3O2S/c1-7-13-14-11(16-7)17-6-8-5-9(12)3-4-10(8)15-2/h3-5H,6,12H2,1-2H3. The predicted molar refractivity (Wildman–Crippen MR) is 66.0 cm³/mol. The molecule has 2 N–H and O–H groups in total. The second-order valence-electron chi connectivity index (χ2n) is 3.45. The Balaban J connectivity index is 2.10. The zero-order valence-electron chi connectivity index (χ0n) is 9.64. The number of rotatable bonds is 4. The third kappa shape index (κ3) is 2.91. The molecule has 0 spiro atoms. The van der Waals surface area contributed by atoms with Gasteiger partial charge in [-0.25, -0.2) is 0 Å². The van der Waals surface area contributed by atoms with Gasteiger partial charge in [0.25, 0.3) is 5.22 Å². The number of aryl methyl sites for hydroxylation is 1. The van der Waals surface area contributed by atoms with Crippen LogP contribution in [0.1, 0.15) is 11.5 Å². The smallest absolute Gasteiger partial charge is 0.276 e. The van der Waals surface area contributed by atoms with Crippen molar-refractivity contribution in [2.75, 3.05) is 12.8 Å². The molecule has 0 fully saturated rings. The molecule has 5 nitrogen and oxygen atoms in total. The molecule has 0 aliphatic heterocycles. The van der Waals surface area contributed by atoms with Gasteiger partial charge in [0.15, 0.2) is 0 Å². The molecule has 6 heteroatoms. The molecule has 1 aromatic carbocycles. The van der Waals surface area contributed by atoms with Crippen LogP contribution in [0.4, 0.5) is 5.69 Å². The Morgan fingerprint density at radius 2 is 2.24 bits per heavy atom. The Morgan fingerprint density at radius 1 is 1.41 bits per heavy atom. The van der Waals surface area contributed by atoms with Crippen molar-refractivity contribution in [2.24, 2.45) is 0 Å². The van der Waals surface area contributed by atoms with Crippen molar-refractivity contribution in [3.05, 3.63) is 29.7 Å². The van der Waals surface area contributed by atoms with E-state index in [1.807, 2.05) is 18.2 Å². The topological polar surface area (TPSA) is 74.2 Å². The largest absolute Gasteiger partial charge is 0.496 e. The first-order valence-electron chi connectivity index (χ1n) is 5.04. The SMILES string of the molecule is COc1ccc(N)cc1CSc1nnc(C)o1. The summed E-state index contributed by atoms with van der Waals surface area (Å²) < 4.78 is 10.5. The van der Waals surface area contributed by atoms with Gasteiger partial charge in [0, 0.05) is 23.9 Å². The summed E-state index contributed by atoms with van der Waals surface area (Å²) in [5, 5.41) is 8.23. The van der Waals surface area contributed by atoms with E-state index in [1.54, 1.807) is 14.0 Å². The molecule has 0 aliphatic rings. The molecule has 17 heavy (non-hydrogen) atoms. The van der Waals surface area contributed by atoms with Crippen LogP contribution < -0.4 is 10.5 Å². The molecule has 1 aromatic heterocycles. The maximum atomic E-state index is 5.74. The Bertz CT molecular complexity index is 513. The van der Waals surface area contributed by atoms with Crippen molar-refractivity contribution in [3.63, 3.8) is 0 Å². The minimum atomic E-state index is 0.548. The highest BCUT2D eigenvalue weighted by Crippen LogP contribution is 2.28. The molecule has 0 saturated heterocycles. The summed E-state index contributed by atoms with van der Waals surface area (Å²) in [6.07, 6.45) is 0. The first-order valence-corrected chi connectivity index (χ1v) is 6.03. The summed E-state index contributed by atoms with van der Waals surface area (Å²) in [6, 6.07) is 5.54. The molecule has 0 amide bonds. The zero-order chi connectivity index (χ0) is 12.3. The van der Waals surface area contributed by atoms with Crippen molar-refractivity contribution in [1.82, 2.24) is 10.2 Å². The van der Waals surface area contributed by atoms with Crippen LogP contribution >= 0.6 is 11.8 Å². The number of nitrogens with zero attached hydrogens (tertiary/aromatic N) is 2. The molecular formula is C11H13N3O2S. The number of thioether (sulfide) groups is 1. The van der Waals surface area contributed by atoms with E-state index in [4.69, 9.17) is 14.9 Å². The third-order valence-electron chi connectivity index (χ3n) is 2.16. The van der Waals surface area contributed by atoms with Crippen LogP contribution in [0.3, 0.4) is 0 Å². The minimum absolute atomic E-state index is 0.548. The molecule has 0 radical (unpaired) electrons. The quantitative estimate of drug-likeness (QED) is 0.663. The number of nitrogens with two attached hydrogens (primary N) is 1. The highest BCUT2D eigenvalue weighted by atomic mass is 32.2. The maximum Gasteiger partial charge on any atom is 0.276 e. The molecule has 1 heterocycles. The van der Waals surface area contributed by atoms with Crippen LogP contribution in [0.25, 0.3) is 0 Å². The van der Waals surface area contributed by atoms with Crippen LogP contribution in [0.15, 0.2) is 27.8 Å². The van der Waals surface area contributed by atoms with E-state index in [-0.39, 0.29) is 0 Å². The number of hydrogen-bond donors (Lipinski definition) is 1. The molecule has 2 rings (SSSR count). The molecular weight excluding hydrogens is 238 g/mol. The van der Waals surface area contributed by atoms with Crippen LogP contribution in [0.5, 0.6) is 5.75 Å². The van der Waals surface area contributed by atoms with Gasteiger partial charge in [-0.3, -0.25) is 0 Å². The number of methoxy groups -OCH3 is 1. The average molecular weight is 251 g/mol. The Morgan fingerprint density at radius 3 is 2.88 bits per heavy atom. The summed E-state index contributed by atoms with van der Waals surface area (Å²) in [7, 11) is 1.64. The number of ether oxygens (including phenoxy) is 1. The fourth-order valence-electron chi connectivity index (χ4n) is 1.39. The molecule has 0 bridgehead atoms. The van der Waals surface area contributed by atoms with E-state index in [0.717, 1.165) is 11.3 Å². The monoisotopic (exact) mass is 251 g/mol. The zero-order valence-corrected chi connectivity index (χ0v) is 10.5. The number of aromatic nitrogens is 2. The molecule has 90 valence electrons. The van der Waals surface area contributed by atoms with Gasteiger partial charge in [0.05, 0.1) is 7.11 Å². The highest BCUT2D eigenvalue weighted by molar-refractivity contribution is 7.98. The second-order valence-corrected chi connectivity index (χ2v) is 4.37. The molecule has 0 unspecified atom stereocenters. The lowest BCUT2D eigenvalue weighted by Crippen LogP contribution is -1.93. The Kier molecular flexibility index (Phi) is 3.53. The number of hydrogen-bond acceptors (Lipinski definition) is 6. The van der Waals surface area contributed by atoms with E-state index in [0.29, 0.717) is 22.6 Å². The van der Waals surface area contributed by atoms with E-state index in [1.165, 1.54) is 11.8 Å². The van der Waals surface area contributed by atoms with Gasteiger partial charge in [0.2, 0.25) is 5.89 Å². The van der Waals surface area contributed by atoms with Crippen molar-refractivity contribution < 1.29 is 9.15 Å². The summed E-state index contributed by atoms with van der Waals surface area (Å²) in [6.45, 7) is 1.76. The maximum absolute atomic E-state index is 5.74. The molecule has 0 saturated carbocycles. The molecule has 2 aromatic rings. The van der Waals surface area contributed by atoms with Crippen molar-refractivity contribution in [3.8, 4) is 5.75 Å². The number of anilines is 1. The molecule has 0 aliphatic carbocycles. The van der Waals surface area contributed by atoms with Gasteiger partial charge < -0.3 is 14.9 Å². The first kappa shape index (κ1) is 11.8. The fourth-order valence-corrected chi connectivity index (χ4v) is 2.17. The van der Waals surface area contributed by atoms with E-state index in [2.05, 4.69) is 10.2 Å². The van der Waals surface area contributed by atoms with Crippen LogP contribution in [0, 0.1) is 6.92 Å². The average Bonchev–Trinajstić information content (AvgIpc) is 2.73. The van der Waals surface area contributed by atoms with Crippen LogP contribution in [-0.2, 0) is 5.75 Å². The minimum Gasteiger partial charge on any atom is -0.496 e. The van der Waals surface area contributed by atoms with Gasteiger partial charge in [-0.05, 0) is 18.2 Å². The second kappa shape index (κ2) is 5.09. The third-order valence-corrected chi connectivity index (χ3v) is 3.03. The summed E-state index contributed by atoms with van der Waals surface area (Å²) in [4.78, 5) is 0. The number of benzene rings is 1. The van der Waals surface area contributed by atoms with Crippen LogP contribution in [0.2, 0.25) is 0 Å². The number of nitrogen functional groups attached to an aromatic ring is 1. The van der Waals surface area contributed by atoms with E-state index in [9.17, 15) is 0 Å². The Hall–Kier alpha value is -1.69. The predicted octanol–water partition coefficient (Wildman–Crippen LogP) is 2.26. The van der Waals surface area contributed by atoms with Gasteiger partial charge in [-0.1, -0.05) is 11.8 Å². The highest BCUT2D eigenvalue weighted by Gasteiger charge is 2.07. The van der Waals surface area contributed by atoms with E-state index >= 15 is 0 Å². The van der Waals surface area contributed by atoms with Crippen molar-refractivity contribution in [2.45, 2.75) is 17.9 Å². The lowest BCUT2D eigenvalue weighted by Gasteiger charge is -2.07. The first-order chi connectivity index (χ1) is 8.19. The Labute approximate surface area is 103 Å². The molecule has 0 atom stereocenters. The lowest BCUT2D eigenvalue weighted by molar-refractivity contribution is 0.411. The normalized spacial score (nSPS) is 10.5. The van der Waals surface area contributed by atoms with Crippen molar-refractivity contribution in [1.29, 1.82) is 0 Å². The fraction of sp³-hybridized carbons (Fsp3) is 0.273. The van der Waals surface area contributed by atoms with Crippen molar-refractivity contribution >= 4 is 17.4 Å². The summed E-state index contributed by atoms with van der Waals surface area (Å²) in [5.41, 5.74) is 7.46. The van der Waals surface area contributed by atoms with Gasteiger partial charge >= 0.3 is 0 Å². The van der Waals surface area contributed by atoms with E-state index < -0.39 is 0 Å². The lowest BCUT2D eigenvalue weighted by atomic mass is 10.2. The summed E-state index contributed by atoms with van der Waals surface area (Å²) in [5.74, 6) is 2.05. The summed E-state index contributed by atoms with van der Waals surface area (Å²) >= 11 is 1.46. The van der Waals surface area contributed by atoms with Crippen LogP contribution in [-0.4, -0.2) is 17.3 Å². The van der Waals surface area contributed by atoms with Gasteiger partial charge in [-0.2, -0.15) is 0 Å². The van der Waals surface area contributed by atoms with Gasteiger partial charge in [0.1, 0.15) is 5.75 Å². The van der Waals surface area contributed by atoms with Gasteiger partial charge in [-0.15, -0.1) is 10.2 Å².